The number of hydrogen-bond acceptors (Lipinski definition) is 4. The smallest absolute Gasteiger partial charge is 0.131 e. The predicted molar refractivity (Wildman–Crippen MR) is 82.3 cm³/mol. The van der Waals surface area contributed by atoms with Gasteiger partial charge in [-0.25, -0.2) is 0 Å². The van der Waals surface area contributed by atoms with E-state index in [-0.39, 0.29) is 0 Å². The predicted octanol–water partition coefficient (Wildman–Crippen LogP) is 3.20. The molecule has 0 fully saturated rings. The third-order valence-corrected chi connectivity index (χ3v) is 4.04. The molecule has 0 aliphatic heterocycles. The highest BCUT2D eigenvalue weighted by Gasteiger charge is 2.13. The molecule has 0 N–H and O–H groups in total. The lowest BCUT2D eigenvalue weighted by atomic mass is 10.2. The van der Waals surface area contributed by atoms with Gasteiger partial charge in [-0.05, 0) is 34.5 Å². The largest absolute Gasteiger partial charge is 0.497 e. The van der Waals surface area contributed by atoms with Crippen LogP contribution in [0.25, 0.3) is 0 Å². The van der Waals surface area contributed by atoms with E-state index in [4.69, 9.17) is 14.7 Å². The van der Waals surface area contributed by atoms with E-state index in [0.29, 0.717) is 23.7 Å². The Hall–Kier alpha value is -2.00. The van der Waals surface area contributed by atoms with E-state index in [1.54, 1.807) is 30.0 Å². The maximum Gasteiger partial charge on any atom is 0.131 e. The monoisotopic (exact) mass is 349 g/mol. The summed E-state index contributed by atoms with van der Waals surface area (Å²) in [6.07, 6.45) is 0.853. The summed E-state index contributed by atoms with van der Waals surface area (Å²) in [4.78, 5) is 0. The molecule has 0 atom stereocenters. The highest BCUT2D eigenvalue weighted by Crippen LogP contribution is 2.26. The molecule has 2 rings (SSSR count). The summed E-state index contributed by atoms with van der Waals surface area (Å²) in [6.45, 7) is 2.42. The first-order chi connectivity index (χ1) is 10.1. The first-order valence-electron chi connectivity index (χ1n) is 6.51. The fourth-order valence-electron chi connectivity index (χ4n) is 1.97. The number of halogens is 1. The van der Waals surface area contributed by atoms with E-state index >= 15 is 0 Å². The second-order valence-electron chi connectivity index (χ2n) is 4.48. The highest BCUT2D eigenvalue weighted by molar-refractivity contribution is 9.10. The molecule has 2 aromatic rings. The maximum absolute atomic E-state index is 9.01. The number of benzene rings is 1. The van der Waals surface area contributed by atoms with Crippen molar-refractivity contribution in [2.45, 2.75) is 20.0 Å². The van der Waals surface area contributed by atoms with Gasteiger partial charge in [0.2, 0.25) is 0 Å². The second-order valence-corrected chi connectivity index (χ2v) is 5.28. The molecule has 0 bridgehead atoms. The highest BCUT2D eigenvalue weighted by atomic mass is 79.9. The van der Waals surface area contributed by atoms with E-state index in [1.807, 2.05) is 7.05 Å². The fourth-order valence-corrected chi connectivity index (χ4v) is 2.70. The molecule has 6 heteroatoms. The second kappa shape index (κ2) is 6.64. The number of nitrogens with zero attached hydrogens (tertiary/aromatic N) is 3. The Balaban J connectivity index is 2.20. The lowest BCUT2D eigenvalue weighted by Crippen LogP contribution is -2.04. The Morgan fingerprint density at radius 2 is 2.05 bits per heavy atom. The average molecular weight is 350 g/mol. The molecule has 0 amide bonds. The van der Waals surface area contributed by atoms with Gasteiger partial charge in [-0.1, -0.05) is 6.92 Å². The molecule has 0 aliphatic rings. The molecule has 1 aromatic carbocycles. The number of nitriles is 1. The van der Waals surface area contributed by atoms with E-state index < -0.39 is 0 Å². The Morgan fingerprint density at radius 1 is 1.33 bits per heavy atom. The first kappa shape index (κ1) is 15.4. The minimum absolute atomic E-state index is 0.363. The summed E-state index contributed by atoms with van der Waals surface area (Å²) in [7, 11) is 3.44. The van der Waals surface area contributed by atoms with Gasteiger partial charge in [0, 0.05) is 13.1 Å². The van der Waals surface area contributed by atoms with Crippen LogP contribution in [-0.4, -0.2) is 16.9 Å². The number of ether oxygens (including phenoxy) is 2. The first-order valence-corrected chi connectivity index (χ1v) is 7.30. The molecule has 0 spiro atoms. The summed E-state index contributed by atoms with van der Waals surface area (Å²) in [6, 6.07) is 7.20. The molecule has 110 valence electrons. The fraction of sp³-hybridized carbons (Fsp3) is 0.333. The molecule has 5 nitrogen and oxygen atoms in total. The van der Waals surface area contributed by atoms with Crippen molar-refractivity contribution in [3.05, 3.63) is 39.6 Å². The molecule has 0 unspecified atom stereocenters. The average Bonchev–Trinajstić information content (AvgIpc) is 2.78. The summed E-state index contributed by atoms with van der Waals surface area (Å²) >= 11 is 3.55. The Bertz CT molecular complexity index is 689. The van der Waals surface area contributed by atoms with Crippen molar-refractivity contribution < 1.29 is 9.47 Å². The van der Waals surface area contributed by atoms with Gasteiger partial charge in [0.1, 0.15) is 18.1 Å². The quantitative estimate of drug-likeness (QED) is 0.831. The number of aromatic nitrogens is 2. The van der Waals surface area contributed by atoms with Crippen LogP contribution < -0.4 is 9.47 Å². The number of aryl methyl sites for hydroxylation is 2. The Morgan fingerprint density at radius 3 is 2.62 bits per heavy atom. The van der Waals surface area contributed by atoms with Gasteiger partial charge in [0.25, 0.3) is 0 Å². The number of hydrogen-bond donors (Lipinski definition) is 0. The summed E-state index contributed by atoms with van der Waals surface area (Å²) in [5.41, 5.74) is 2.45. The molecule has 21 heavy (non-hydrogen) atoms. The standard InChI is InChI=1S/C15H16BrN3O2/c1-4-13-15(16)14(19(2)18-13)9-21-12-6-10(8-17)5-11(7-12)20-3/h5-7H,4,9H2,1-3H3. The zero-order valence-corrected chi connectivity index (χ0v) is 13.8. The molecule has 0 radical (unpaired) electrons. The minimum Gasteiger partial charge on any atom is -0.497 e. The zero-order chi connectivity index (χ0) is 15.4. The van der Waals surface area contributed by atoms with Gasteiger partial charge in [-0.3, -0.25) is 4.68 Å². The minimum atomic E-state index is 0.363. The van der Waals surface area contributed by atoms with Crippen LogP contribution in [0, 0.1) is 11.3 Å². The van der Waals surface area contributed by atoms with Crippen LogP contribution in [0.2, 0.25) is 0 Å². The van der Waals surface area contributed by atoms with E-state index in [9.17, 15) is 0 Å². The summed E-state index contributed by atoms with van der Waals surface area (Å²) in [5.74, 6) is 1.19. The van der Waals surface area contributed by atoms with Crippen LogP contribution in [-0.2, 0) is 20.1 Å². The zero-order valence-electron chi connectivity index (χ0n) is 12.2. The van der Waals surface area contributed by atoms with Gasteiger partial charge in [-0.2, -0.15) is 10.4 Å². The third kappa shape index (κ3) is 3.37. The van der Waals surface area contributed by atoms with Crippen molar-refractivity contribution in [3.63, 3.8) is 0 Å². The van der Waals surface area contributed by atoms with E-state index in [1.165, 1.54) is 0 Å². The van der Waals surface area contributed by atoms with Crippen molar-refractivity contribution in [3.8, 4) is 17.6 Å². The normalized spacial score (nSPS) is 10.2. The van der Waals surface area contributed by atoms with E-state index in [2.05, 4.69) is 34.0 Å². The molecule has 1 heterocycles. The Kier molecular flexibility index (Phi) is 4.86. The van der Waals surface area contributed by atoms with Crippen molar-refractivity contribution in [1.29, 1.82) is 5.26 Å². The van der Waals surface area contributed by atoms with Gasteiger partial charge < -0.3 is 9.47 Å². The molecular weight excluding hydrogens is 334 g/mol. The van der Waals surface area contributed by atoms with Gasteiger partial charge in [0.05, 0.1) is 34.6 Å². The van der Waals surface area contributed by atoms with Crippen LogP contribution in [0.15, 0.2) is 22.7 Å². The molecule has 0 saturated heterocycles. The number of rotatable bonds is 5. The van der Waals surface area contributed by atoms with Crippen LogP contribution in [0.5, 0.6) is 11.5 Å². The van der Waals surface area contributed by atoms with Gasteiger partial charge in [-0.15, -0.1) is 0 Å². The maximum atomic E-state index is 9.01. The van der Waals surface area contributed by atoms with Crippen molar-refractivity contribution in [2.75, 3.05) is 7.11 Å². The van der Waals surface area contributed by atoms with Gasteiger partial charge >= 0.3 is 0 Å². The Labute approximate surface area is 132 Å². The molecular formula is C15H16BrN3O2. The third-order valence-electron chi connectivity index (χ3n) is 3.12. The topological polar surface area (TPSA) is 60.1 Å². The van der Waals surface area contributed by atoms with Crippen molar-refractivity contribution in [1.82, 2.24) is 9.78 Å². The van der Waals surface area contributed by atoms with Crippen LogP contribution >= 0.6 is 15.9 Å². The number of methoxy groups -OCH3 is 1. The van der Waals surface area contributed by atoms with Crippen LogP contribution in [0.4, 0.5) is 0 Å². The lowest BCUT2D eigenvalue weighted by Gasteiger charge is -2.09. The van der Waals surface area contributed by atoms with Gasteiger partial charge in [0.15, 0.2) is 0 Å². The van der Waals surface area contributed by atoms with E-state index in [0.717, 1.165) is 22.3 Å². The lowest BCUT2D eigenvalue weighted by molar-refractivity contribution is 0.292. The SMILES string of the molecule is CCc1nn(C)c(COc2cc(C#N)cc(OC)c2)c1Br. The molecule has 1 aromatic heterocycles. The summed E-state index contributed by atoms with van der Waals surface area (Å²) in [5, 5.41) is 13.4. The van der Waals surface area contributed by atoms with Crippen molar-refractivity contribution in [2.24, 2.45) is 7.05 Å². The molecule has 0 aliphatic carbocycles. The van der Waals surface area contributed by atoms with Crippen molar-refractivity contribution >= 4 is 15.9 Å². The summed E-state index contributed by atoms with van der Waals surface area (Å²) < 4.78 is 13.7. The molecule has 0 saturated carbocycles. The van der Waals surface area contributed by atoms with Crippen LogP contribution in [0.3, 0.4) is 0 Å². The van der Waals surface area contributed by atoms with Crippen LogP contribution in [0.1, 0.15) is 23.9 Å².